The molecule has 19 heavy (non-hydrogen) atoms. The minimum atomic E-state index is -0.122. The molecule has 1 atom stereocenters. The largest absolute Gasteiger partial charge is 0.469 e. The van der Waals surface area contributed by atoms with Gasteiger partial charge < -0.3 is 9.64 Å². The lowest BCUT2D eigenvalue weighted by atomic mass is 10.1. The maximum absolute atomic E-state index is 11.6. The first-order valence-electron chi connectivity index (χ1n) is 6.46. The molecule has 1 aliphatic heterocycles. The van der Waals surface area contributed by atoms with Crippen molar-refractivity contribution in [3.05, 3.63) is 36.5 Å². The van der Waals surface area contributed by atoms with E-state index >= 15 is 0 Å². The third-order valence-electron chi connectivity index (χ3n) is 3.67. The van der Waals surface area contributed by atoms with Gasteiger partial charge in [0.15, 0.2) is 0 Å². The van der Waals surface area contributed by atoms with E-state index in [1.807, 2.05) is 24.4 Å². The molecule has 4 heteroatoms. The van der Waals surface area contributed by atoms with Gasteiger partial charge in [-0.2, -0.15) is 0 Å². The number of carbonyl (C=O) groups is 1. The van der Waals surface area contributed by atoms with E-state index in [0.29, 0.717) is 6.54 Å². The van der Waals surface area contributed by atoms with Crippen molar-refractivity contribution in [3.63, 3.8) is 0 Å². The molecule has 1 saturated heterocycles. The van der Waals surface area contributed by atoms with Crippen LogP contribution in [0.15, 0.2) is 36.5 Å². The molecule has 3 rings (SSSR count). The normalized spacial score (nSPS) is 18.8. The van der Waals surface area contributed by atoms with E-state index in [9.17, 15) is 4.79 Å². The number of anilines is 1. The van der Waals surface area contributed by atoms with Gasteiger partial charge in [-0.1, -0.05) is 24.3 Å². The number of methoxy groups -OCH3 is 1. The fourth-order valence-corrected chi connectivity index (χ4v) is 2.67. The van der Waals surface area contributed by atoms with Gasteiger partial charge >= 0.3 is 5.97 Å². The van der Waals surface area contributed by atoms with Crippen LogP contribution in [-0.2, 0) is 9.53 Å². The molecule has 0 radical (unpaired) electrons. The fourth-order valence-electron chi connectivity index (χ4n) is 2.67. The molecule has 0 aliphatic carbocycles. The van der Waals surface area contributed by atoms with Gasteiger partial charge in [-0.15, -0.1) is 0 Å². The average Bonchev–Trinajstić information content (AvgIpc) is 2.95. The quantitative estimate of drug-likeness (QED) is 0.773. The molecule has 0 N–H and O–H groups in total. The number of ether oxygens (including phenoxy) is 1. The molecule has 1 aromatic carbocycles. The number of fused-ring (bicyclic) bond motifs is 1. The number of benzene rings is 1. The zero-order valence-corrected chi connectivity index (χ0v) is 10.9. The van der Waals surface area contributed by atoms with Crippen LogP contribution in [0.5, 0.6) is 0 Å². The van der Waals surface area contributed by atoms with E-state index in [4.69, 9.17) is 4.74 Å². The van der Waals surface area contributed by atoms with Crippen molar-refractivity contribution in [1.82, 2.24) is 4.98 Å². The van der Waals surface area contributed by atoms with Gasteiger partial charge in [-0.3, -0.25) is 4.79 Å². The van der Waals surface area contributed by atoms with Crippen molar-refractivity contribution in [2.24, 2.45) is 5.92 Å². The van der Waals surface area contributed by atoms with E-state index in [-0.39, 0.29) is 11.9 Å². The zero-order valence-electron chi connectivity index (χ0n) is 10.9. The van der Waals surface area contributed by atoms with Crippen LogP contribution in [-0.4, -0.2) is 31.2 Å². The summed E-state index contributed by atoms with van der Waals surface area (Å²) in [6.07, 6.45) is 2.65. The predicted molar refractivity (Wildman–Crippen MR) is 74.1 cm³/mol. The molecule has 0 spiro atoms. The predicted octanol–water partition coefficient (Wildman–Crippen LogP) is 2.23. The Morgan fingerprint density at radius 1 is 1.37 bits per heavy atom. The van der Waals surface area contributed by atoms with E-state index in [2.05, 4.69) is 22.0 Å². The molecule has 1 fully saturated rings. The highest BCUT2D eigenvalue weighted by Crippen LogP contribution is 2.29. The lowest BCUT2D eigenvalue weighted by Crippen LogP contribution is -2.24. The van der Waals surface area contributed by atoms with Crippen molar-refractivity contribution in [2.75, 3.05) is 25.1 Å². The van der Waals surface area contributed by atoms with Crippen LogP contribution in [0.2, 0.25) is 0 Å². The number of nitrogens with zero attached hydrogens (tertiary/aromatic N) is 2. The Bertz CT molecular complexity index is 607. The monoisotopic (exact) mass is 256 g/mol. The van der Waals surface area contributed by atoms with E-state index in [0.717, 1.165) is 24.2 Å². The summed E-state index contributed by atoms with van der Waals surface area (Å²) in [7, 11) is 1.45. The van der Waals surface area contributed by atoms with Crippen molar-refractivity contribution >= 4 is 22.6 Å². The lowest BCUT2D eigenvalue weighted by molar-refractivity contribution is -0.144. The van der Waals surface area contributed by atoms with Crippen LogP contribution < -0.4 is 4.90 Å². The molecule has 1 unspecified atom stereocenters. The van der Waals surface area contributed by atoms with Gasteiger partial charge in [0.05, 0.1) is 13.0 Å². The highest BCUT2D eigenvalue weighted by Gasteiger charge is 2.30. The summed E-state index contributed by atoms with van der Waals surface area (Å²) in [5.74, 6) is 0.804. The second-order valence-corrected chi connectivity index (χ2v) is 4.81. The van der Waals surface area contributed by atoms with Crippen molar-refractivity contribution in [2.45, 2.75) is 6.42 Å². The first-order chi connectivity index (χ1) is 9.29. The average molecular weight is 256 g/mol. The zero-order chi connectivity index (χ0) is 13.2. The molecular weight excluding hydrogens is 240 g/mol. The molecule has 2 aromatic rings. The Hall–Kier alpha value is -2.10. The minimum absolute atomic E-state index is 0.0363. The number of hydrogen-bond acceptors (Lipinski definition) is 4. The van der Waals surface area contributed by atoms with Crippen LogP contribution in [0, 0.1) is 5.92 Å². The fraction of sp³-hybridized carbons (Fsp3) is 0.333. The molecule has 0 bridgehead atoms. The Kier molecular flexibility index (Phi) is 3.07. The summed E-state index contributed by atoms with van der Waals surface area (Å²) in [5.41, 5.74) is 0. The Balaban J connectivity index is 1.92. The Morgan fingerprint density at radius 3 is 3.05 bits per heavy atom. The third-order valence-corrected chi connectivity index (χ3v) is 3.67. The van der Waals surface area contributed by atoms with Crippen molar-refractivity contribution in [3.8, 4) is 0 Å². The number of rotatable bonds is 2. The maximum Gasteiger partial charge on any atom is 0.310 e. The maximum atomic E-state index is 11.6. The van der Waals surface area contributed by atoms with Gasteiger partial charge in [-0.05, 0) is 17.9 Å². The van der Waals surface area contributed by atoms with Crippen LogP contribution in [0.1, 0.15) is 6.42 Å². The van der Waals surface area contributed by atoms with Crippen molar-refractivity contribution < 1.29 is 9.53 Å². The molecule has 0 amide bonds. The second kappa shape index (κ2) is 4.88. The molecule has 1 aliphatic rings. The number of hydrogen-bond donors (Lipinski definition) is 0. The number of aromatic nitrogens is 1. The summed E-state index contributed by atoms with van der Waals surface area (Å²) >= 11 is 0. The van der Waals surface area contributed by atoms with Gasteiger partial charge in [-0.25, -0.2) is 4.98 Å². The van der Waals surface area contributed by atoms with E-state index < -0.39 is 0 Å². The van der Waals surface area contributed by atoms with Crippen LogP contribution in [0.3, 0.4) is 0 Å². The summed E-state index contributed by atoms with van der Waals surface area (Å²) in [5, 5.41) is 2.31. The number of esters is 1. The Morgan fingerprint density at radius 2 is 2.21 bits per heavy atom. The number of carbonyl (C=O) groups excluding carboxylic acids is 1. The summed E-state index contributed by atoms with van der Waals surface area (Å²) in [4.78, 5) is 18.2. The summed E-state index contributed by atoms with van der Waals surface area (Å²) < 4.78 is 4.82. The first kappa shape index (κ1) is 12.0. The van der Waals surface area contributed by atoms with Crippen molar-refractivity contribution in [1.29, 1.82) is 0 Å². The van der Waals surface area contributed by atoms with E-state index in [1.165, 1.54) is 12.5 Å². The van der Waals surface area contributed by atoms with Gasteiger partial charge in [0, 0.05) is 24.7 Å². The van der Waals surface area contributed by atoms with Crippen LogP contribution in [0.25, 0.3) is 10.8 Å². The molecule has 98 valence electrons. The molecular formula is C15H16N2O2. The molecule has 1 aromatic heterocycles. The molecule has 0 saturated carbocycles. The summed E-state index contributed by atoms with van der Waals surface area (Å²) in [6, 6.07) is 10.2. The Labute approximate surface area is 112 Å². The standard InChI is InChI=1S/C15H16N2O2/c1-19-15(18)12-7-9-17(10-12)14-13-5-3-2-4-11(13)6-8-16-14/h2-6,8,12H,7,9-10H2,1H3. The first-order valence-corrected chi connectivity index (χ1v) is 6.46. The van der Waals surface area contributed by atoms with Crippen LogP contribution >= 0.6 is 0 Å². The molecule has 4 nitrogen and oxygen atoms in total. The van der Waals surface area contributed by atoms with Gasteiger partial charge in [0.25, 0.3) is 0 Å². The minimum Gasteiger partial charge on any atom is -0.469 e. The highest BCUT2D eigenvalue weighted by atomic mass is 16.5. The topological polar surface area (TPSA) is 42.4 Å². The van der Waals surface area contributed by atoms with Crippen LogP contribution in [0.4, 0.5) is 5.82 Å². The smallest absolute Gasteiger partial charge is 0.310 e. The summed E-state index contributed by atoms with van der Waals surface area (Å²) in [6.45, 7) is 1.54. The van der Waals surface area contributed by atoms with Gasteiger partial charge in [0.1, 0.15) is 5.82 Å². The SMILES string of the molecule is COC(=O)C1CCN(c2nccc3ccccc23)C1. The van der Waals surface area contributed by atoms with E-state index in [1.54, 1.807) is 0 Å². The third kappa shape index (κ3) is 2.14. The lowest BCUT2D eigenvalue weighted by Gasteiger charge is -2.18. The van der Waals surface area contributed by atoms with Gasteiger partial charge in [0.2, 0.25) is 0 Å². The second-order valence-electron chi connectivity index (χ2n) is 4.81. The highest BCUT2D eigenvalue weighted by molar-refractivity contribution is 5.92. The number of pyridine rings is 1. The molecule has 2 heterocycles.